The van der Waals surface area contributed by atoms with Crippen LogP contribution in [0.3, 0.4) is 0 Å². The van der Waals surface area contributed by atoms with Crippen LogP contribution in [-0.2, 0) is 18.4 Å². The first-order valence-corrected chi connectivity index (χ1v) is 16.3. The summed E-state index contributed by atoms with van der Waals surface area (Å²) in [5.41, 5.74) is 4.67. The van der Waals surface area contributed by atoms with E-state index < -0.39 is 6.03 Å². The van der Waals surface area contributed by atoms with E-state index in [1.807, 2.05) is 37.0 Å². The molecule has 2 aliphatic rings. The standard InChI is InChI=1S/C37H36N8O5/c1-43-21-24(17-32-34(46)29-19-25(6-7-31(29)50-32)41-37(48)42-26-5-4-12-38-20-26)33-30(9-14-40-35(33)43)45-15-10-23(11-16-45)36(47)44(2)22-27-18-28(49-3)8-13-39-27/h4-9,12-14,17-21,23H,10-11,15-16,22H2,1-3H3,(H2,41,42,48)/b32-17-. The molecule has 0 unspecified atom stereocenters. The molecular formula is C37H36N8O5. The van der Waals surface area contributed by atoms with E-state index in [4.69, 9.17) is 9.47 Å². The fraction of sp³-hybridized carbons (Fsp3) is 0.243. The van der Waals surface area contributed by atoms with Gasteiger partial charge < -0.3 is 34.5 Å². The molecule has 5 aromatic rings. The van der Waals surface area contributed by atoms with Gasteiger partial charge in [0.05, 0.1) is 36.8 Å². The largest absolute Gasteiger partial charge is 0.497 e. The van der Waals surface area contributed by atoms with Gasteiger partial charge in [-0.1, -0.05) is 0 Å². The number of pyridine rings is 3. The fourth-order valence-corrected chi connectivity index (χ4v) is 6.50. The maximum atomic E-state index is 13.6. The number of ether oxygens (including phenoxy) is 2. The highest BCUT2D eigenvalue weighted by atomic mass is 16.5. The van der Waals surface area contributed by atoms with Crippen LogP contribution in [0, 0.1) is 5.92 Å². The molecule has 0 atom stereocenters. The molecule has 0 bridgehead atoms. The van der Waals surface area contributed by atoms with E-state index in [2.05, 4.69) is 30.5 Å². The van der Waals surface area contributed by atoms with Crippen LogP contribution in [0.25, 0.3) is 17.1 Å². The lowest BCUT2D eigenvalue weighted by atomic mass is 9.94. The Hall–Kier alpha value is -6.24. The maximum Gasteiger partial charge on any atom is 0.323 e. The Morgan fingerprint density at radius 3 is 2.62 bits per heavy atom. The van der Waals surface area contributed by atoms with Crippen molar-refractivity contribution in [2.75, 3.05) is 42.8 Å². The summed E-state index contributed by atoms with van der Waals surface area (Å²) in [6.45, 7) is 1.79. The van der Waals surface area contributed by atoms with Gasteiger partial charge >= 0.3 is 6.03 Å². The minimum Gasteiger partial charge on any atom is -0.497 e. The number of amides is 3. The van der Waals surface area contributed by atoms with Gasteiger partial charge in [-0.05, 0) is 61.4 Å². The number of benzene rings is 1. The SMILES string of the molecule is COc1ccnc(CN(C)C(=O)C2CCN(c3ccnc4c3c(/C=C3\Oc5ccc(NC(=O)Nc6cccnc6)cc5C3=O)cn4C)CC2)c1. The molecule has 3 amide bonds. The van der Waals surface area contributed by atoms with Gasteiger partial charge in [0.15, 0.2) is 5.76 Å². The molecule has 0 aliphatic carbocycles. The van der Waals surface area contributed by atoms with Gasteiger partial charge in [0.25, 0.3) is 0 Å². The van der Waals surface area contributed by atoms with E-state index in [-0.39, 0.29) is 23.4 Å². The third kappa shape index (κ3) is 6.57. The van der Waals surface area contributed by atoms with Crippen LogP contribution >= 0.6 is 0 Å². The molecule has 0 radical (unpaired) electrons. The van der Waals surface area contributed by atoms with Crippen LogP contribution in [-0.4, -0.2) is 69.4 Å². The van der Waals surface area contributed by atoms with Crippen molar-refractivity contribution < 1.29 is 23.9 Å². The van der Waals surface area contributed by atoms with E-state index in [9.17, 15) is 14.4 Å². The van der Waals surface area contributed by atoms with Crippen LogP contribution in [0.15, 0.2) is 85.3 Å². The van der Waals surface area contributed by atoms with Crippen molar-refractivity contribution in [1.82, 2.24) is 24.4 Å². The zero-order valence-electron chi connectivity index (χ0n) is 27.9. The minimum atomic E-state index is -0.457. The quantitative estimate of drug-likeness (QED) is 0.204. The first kappa shape index (κ1) is 32.3. The van der Waals surface area contributed by atoms with Gasteiger partial charge in [-0.15, -0.1) is 0 Å². The number of aromatic nitrogens is 4. The van der Waals surface area contributed by atoms with Crippen molar-refractivity contribution >= 4 is 51.9 Å². The molecule has 1 fully saturated rings. The molecule has 2 N–H and O–H groups in total. The summed E-state index contributed by atoms with van der Waals surface area (Å²) in [6.07, 6.45) is 11.7. The molecule has 2 aliphatic heterocycles. The highest BCUT2D eigenvalue weighted by Crippen LogP contribution is 2.37. The number of aryl methyl sites for hydroxylation is 1. The fourth-order valence-electron chi connectivity index (χ4n) is 6.50. The number of carbonyl (C=O) groups is 3. The summed E-state index contributed by atoms with van der Waals surface area (Å²) in [6, 6.07) is 13.6. The number of urea groups is 1. The Balaban J connectivity index is 1.05. The summed E-state index contributed by atoms with van der Waals surface area (Å²) in [4.78, 5) is 56.5. The molecule has 13 heteroatoms. The number of Topliss-reactive ketones (excluding diaryl/α,β-unsaturated/α-hetero) is 1. The first-order chi connectivity index (χ1) is 24.3. The van der Waals surface area contributed by atoms with Crippen LogP contribution in [0.4, 0.5) is 21.9 Å². The summed E-state index contributed by atoms with van der Waals surface area (Å²) < 4.78 is 13.2. The second-order valence-electron chi connectivity index (χ2n) is 12.3. The topological polar surface area (TPSA) is 144 Å². The molecule has 254 valence electrons. The van der Waals surface area contributed by atoms with E-state index in [0.717, 1.165) is 28.0 Å². The number of piperidine rings is 1. The molecule has 7 rings (SSSR count). The Kier molecular flexibility index (Phi) is 8.86. The second kappa shape index (κ2) is 13.7. The number of rotatable bonds is 8. The number of ketones is 1. The molecule has 13 nitrogen and oxygen atoms in total. The smallest absolute Gasteiger partial charge is 0.323 e. The van der Waals surface area contributed by atoms with E-state index in [0.29, 0.717) is 60.9 Å². The monoisotopic (exact) mass is 672 g/mol. The average Bonchev–Trinajstić information content (AvgIpc) is 3.62. The third-order valence-corrected chi connectivity index (χ3v) is 8.98. The average molecular weight is 673 g/mol. The second-order valence-corrected chi connectivity index (χ2v) is 12.3. The van der Waals surface area contributed by atoms with Crippen LogP contribution in [0.2, 0.25) is 0 Å². The normalized spacial score (nSPS) is 15.1. The summed E-state index contributed by atoms with van der Waals surface area (Å²) >= 11 is 0. The van der Waals surface area contributed by atoms with Crippen molar-refractivity contribution in [1.29, 1.82) is 0 Å². The van der Waals surface area contributed by atoms with Gasteiger partial charge in [-0.2, -0.15) is 0 Å². The van der Waals surface area contributed by atoms with Gasteiger partial charge in [0.2, 0.25) is 11.7 Å². The number of nitrogens with zero attached hydrogens (tertiary/aromatic N) is 6. The summed E-state index contributed by atoms with van der Waals surface area (Å²) in [5, 5.41) is 6.36. The Morgan fingerprint density at radius 1 is 1.04 bits per heavy atom. The molecule has 1 saturated heterocycles. The molecule has 0 saturated carbocycles. The van der Waals surface area contributed by atoms with E-state index >= 15 is 0 Å². The van der Waals surface area contributed by atoms with Crippen LogP contribution in [0.5, 0.6) is 11.5 Å². The Bertz CT molecular complexity index is 2120. The zero-order valence-corrected chi connectivity index (χ0v) is 27.9. The van der Waals surface area contributed by atoms with Gasteiger partial charge in [-0.3, -0.25) is 19.6 Å². The predicted octanol–water partition coefficient (Wildman–Crippen LogP) is 5.51. The molecule has 4 aromatic heterocycles. The minimum absolute atomic E-state index is 0.0969. The van der Waals surface area contributed by atoms with Gasteiger partial charge in [-0.25, -0.2) is 9.78 Å². The number of carbonyl (C=O) groups excluding carboxylic acids is 3. The molecular weight excluding hydrogens is 636 g/mol. The number of allylic oxidation sites excluding steroid dienone is 1. The van der Waals surface area contributed by atoms with Crippen molar-refractivity contribution in [2.45, 2.75) is 19.4 Å². The lowest BCUT2D eigenvalue weighted by Gasteiger charge is -2.35. The van der Waals surface area contributed by atoms with Crippen LogP contribution < -0.4 is 25.0 Å². The number of hydrogen-bond acceptors (Lipinski definition) is 9. The number of fused-ring (bicyclic) bond motifs is 2. The van der Waals surface area contributed by atoms with Gasteiger partial charge in [0.1, 0.15) is 17.1 Å². The number of hydrogen-bond donors (Lipinski definition) is 2. The van der Waals surface area contributed by atoms with Gasteiger partial charge in [0, 0.05) is 86.3 Å². The highest BCUT2D eigenvalue weighted by molar-refractivity contribution is 6.16. The summed E-state index contributed by atoms with van der Waals surface area (Å²) in [7, 11) is 5.34. The molecule has 6 heterocycles. The zero-order chi connectivity index (χ0) is 34.8. The number of nitrogens with one attached hydrogen (secondary N) is 2. The Morgan fingerprint density at radius 2 is 1.84 bits per heavy atom. The third-order valence-electron chi connectivity index (χ3n) is 8.98. The van der Waals surface area contributed by atoms with Crippen LogP contribution in [0.1, 0.15) is 34.5 Å². The summed E-state index contributed by atoms with van der Waals surface area (Å²) in [5.74, 6) is 1.02. The van der Waals surface area contributed by atoms with Crippen molar-refractivity contribution in [3.8, 4) is 11.5 Å². The lowest BCUT2D eigenvalue weighted by molar-refractivity contribution is -0.135. The van der Waals surface area contributed by atoms with Crippen molar-refractivity contribution in [2.24, 2.45) is 13.0 Å². The van der Waals surface area contributed by atoms with Crippen molar-refractivity contribution in [3.63, 3.8) is 0 Å². The number of anilines is 3. The van der Waals surface area contributed by atoms with E-state index in [1.54, 1.807) is 73.1 Å². The molecule has 0 spiro atoms. The first-order valence-electron chi connectivity index (χ1n) is 16.3. The maximum absolute atomic E-state index is 13.6. The Labute approximate surface area is 288 Å². The van der Waals surface area contributed by atoms with E-state index in [1.165, 1.54) is 6.20 Å². The lowest BCUT2D eigenvalue weighted by Crippen LogP contribution is -2.41. The predicted molar refractivity (Wildman–Crippen MR) is 189 cm³/mol. The van der Waals surface area contributed by atoms with Crippen molar-refractivity contribution in [3.05, 3.63) is 102 Å². The molecule has 50 heavy (non-hydrogen) atoms. The number of methoxy groups -OCH3 is 1. The highest BCUT2D eigenvalue weighted by Gasteiger charge is 2.31. The molecule has 1 aromatic carbocycles.